The highest BCUT2D eigenvalue weighted by atomic mass is 32.2. The van der Waals surface area contributed by atoms with Crippen LogP contribution in [-0.2, 0) is 4.79 Å². The number of nitrogens with zero attached hydrogens (tertiary/aromatic N) is 2. The van der Waals surface area contributed by atoms with Gasteiger partial charge in [-0.05, 0) is 25.0 Å². The third kappa shape index (κ3) is 2.75. The molecule has 0 spiro atoms. The number of amides is 1. The average Bonchev–Trinajstić information content (AvgIpc) is 2.72. The van der Waals surface area contributed by atoms with Gasteiger partial charge in [0, 0.05) is 6.54 Å². The summed E-state index contributed by atoms with van der Waals surface area (Å²) >= 11 is 1.54. The lowest BCUT2D eigenvalue weighted by Crippen LogP contribution is -2.30. The van der Waals surface area contributed by atoms with Gasteiger partial charge >= 0.3 is 0 Å². The van der Waals surface area contributed by atoms with Gasteiger partial charge in [-0.1, -0.05) is 43.3 Å². The minimum absolute atomic E-state index is 0.129. The molecule has 4 heteroatoms. The Hall–Kier alpha value is -1.29. The van der Waals surface area contributed by atoms with E-state index in [4.69, 9.17) is 0 Å². The zero-order valence-electron chi connectivity index (χ0n) is 10.8. The Labute approximate surface area is 112 Å². The Kier molecular flexibility index (Phi) is 4.42. The fraction of sp³-hybridized carbons (Fsp3) is 0.429. The minimum atomic E-state index is 0.129. The van der Waals surface area contributed by atoms with E-state index in [0.29, 0.717) is 5.75 Å². The van der Waals surface area contributed by atoms with Gasteiger partial charge in [0.2, 0.25) is 5.91 Å². The molecular formula is C14H18N2OS. The molecule has 3 nitrogen and oxygen atoms in total. The number of rotatable bonds is 4. The van der Waals surface area contributed by atoms with Gasteiger partial charge in [0.05, 0.1) is 11.4 Å². The molecule has 1 heterocycles. The number of amidine groups is 1. The van der Waals surface area contributed by atoms with Gasteiger partial charge < -0.3 is 0 Å². The fourth-order valence-electron chi connectivity index (χ4n) is 1.86. The summed E-state index contributed by atoms with van der Waals surface area (Å²) in [7, 11) is 0. The maximum absolute atomic E-state index is 12.0. The van der Waals surface area contributed by atoms with Gasteiger partial charge in [-0.15, -0.1) is 0 Å². The number of thioether (sulfide) groups is 1. The lowest BCUT2D eigenvalue weighted by molar-refractivity contribution is -0.115. The van der Waals surface area contributed by atoms with Crippen molar-refractivity contribution in [2.75, 3.05) is 17.2 Å². The summed E-state index contributed by atoms with van der Waals surface area (Å²) in [6, 6.07) is 7.95. The molecule has 0 atom stereocenters. The molecule has 1 aliphatic rings. The van der Waals surface area contributed by atoms with E-state index in [9.17, 15) is 4.79 Å². The summed E-state index contributed by atoms with van der Waals surface area (Å²) in [5, 5.41) is 0.850. The zero-order chi connectivity index (χ0) is 13.0. The Morgan fingerprint density at radius 2 is 2.17 bits per heavy atom. The van der Waals surface area contributed by atoms with Gasteiger partial charge in [0.15, 0.2) is 5.17 Å². The number of hydrogen-bond donors (Lipinski definition) is 0. The molecule has 0 aromatic heterocycles. The predicted molar refractivity (Wildman–Crippen MR) is 78.3 cm³/mol. The standard InChI is InChI=1S/C14H18N2OS/c1-3-4-9-15-14-16(13(17)10-18-14)12-8-6-5-7-11(12)2/h5-8H,3-4,9-10H2,1-2H3. The highest BCUT2D eigenvalue weighted by Gasteiger charge is 2.30. The molecule has 1 amide bonds. The van der Waals surface area contributed by atoms with Crippen LogP contribution >= 0.6 is 11.8 Å². The lowest BCUT2D eigenvalue weighted by Gasteiger charge is -2.18. The molecule has 96 valence electrons. The van der Waals surface area contributed by atoms with E-state index in [1.807, 2.05) is 31.2 Å². The molecule has 1 aromatic carbocycles. The van der Waals surface area contributed by atoms with Crippen LogP contribution in [0.5, 0.6) is 0 Å². The van der Waals surface area contributed by atoms with Crippen LogP contribution in [0.1, 0.15) is 25.3 Å². The molecule has 2 rings (SSSR count). The number of aliphatic imine (C=N–C) groups is 1. The number of benzene rings is 1. The van der Waals surface area contributed by atoms with Crippen LogP contribution < -0.4 is 4.90 Å². The van der Waals surface area contributed by atoms with E-state index in [2.05, 4.69) is 11.9 Å². The fourth-order valence-corrected chi connectivity index (χ4v) is 2.76. The van der Waals surface area contributed by atoms with Gasteiger partial charge in [-0.2, -0.15) is 0 Å². The average molecular weight is 262 g/mol. The van der Waals surface area contributed by atoms with Crippen molar-refractivity contribution in [2.45, 2.75) is 26.7 Å². The second-order valence-corrected chi connectivity index (χ2v) is 5.26. The van der Waals surface area contributed by atoms with Crippen LogP contribution in [0.25, 0.3) is 0 Å². The highest BCUT2D eigenvalue weighted by molar-refractivity contribution is 8.15. The summed E-state index contributed by atoms with van der Waals surface area (Å²) < 4.78 is 0. The second-order valence-electron chi connectivity index (χ2n) is 4.32. The second kappa shape index (κ2) is 6.05. The maximum Gasteiger partial charge on any atom is 0.243 e. The molecule has 0 N–H and O–H groups in total. The van der Waals surface area contributed by atoms with E-state index in [1.54, 1.807) is 4.90 Å². The van der Waals surface area contributed by atoms with Gasteiger partial charge in [-0.3, -0.25) is 14.7 Å². The third-order valence-electron chi connectivity index (χ3n) is 2.88. The summed E-state index contributed by atoms with van der Waals surface area (Å²) in [5.41, 5.74) is 2.07. The first-order valence-corrected chi connectivity index (χ1v) is 7.28. The smallest absolute Gasteiger partial charge is 0.243 e. The monoisotopic (exact) mass is 262 g/mol. The van der Waals surface area contributed by atoms with Crippen LogP contribution in [0.4, 0.5) is 5.69 Å². The van der Waals surface area contributed by atoms with Crippen LogP contribution in [-0.4, -0.2) is 23.4 Å². The van der Waals surface area contributed by atoms with Gasteiger partial charge in [0.25, 0.3) is 0 Å². The van der Waals surface area contributed by atoms with Crippen LogP contribution in [0.3, 0.4) is 0 Å². The number of unbranched alkanes of at least 4 members (excludes halogenated alkanes) is 1. The van der Waals surface area contributed by atoms with E-state index >= 15 is 0 Å². The largest absolute Gasteiger partial charge is 0.273 e. The summed E-state index contributed by atoms with van der Waals surface area (Å²) in [4.78, 5) is 18.3. The third-order valence-corrected chi connectivity index (χ3v) is 3.84. The summed E-state index contributed by atoms with van der Waals surface area (Å²) in [6.07, 6.45) is 2.19. The van der Waals surface area contributed by atoms with E-state index in [1.165, 1.54) is 11.8 Å². The van der Waals surface area contributed by atoms with E-state index in [0.717, 1.165) is 35.8 Å². The van der Waals surface area contributed by atoms with Crippen molar-refractivity contribution in [3.05, 3.63) is 29.8 Å². The van der Waals surface area contributed by atoms with Gasteiger partial charge in [-0.25, -0.2) is 0 Å². The molecule has 1 aromatic rings. The number of carbonyl (C=O) groups excluding carboxylic acids is 1. The maximum atomic E-state index is 12.0. The Morgan fingerprint density at radius 3 is 2.89 bits per heavy atom. The van der Waals surface area contributed by atoms with Crippen molar-refractivity contribution >= 4 is 28.5 Å². The molecular weight excluding hydrogens is 244 g/mol. The molecule has 0 aliphatic carbocycles. The van der Waals surface area contributed by atoms with Crippen molar-refractivity contribution < 1.29 is 4.79 Å². The first-order chi connectivity index (χ1) is 8.74. The minimum Gasteiger partial charge on any atom is -0.273 e. The van der Waals surface area contributed by atoms with Crippen molar-refractivity contribution in [3.8, 4) is 0 Å². The molecule has 18 heavy (non-hydrogen) atoms. The van der Waals surface area contributed by atoms with Crippen molar-refractivity contribution in [1.29, 1.82) is 0 Å². The first-order valence-electron chi connectivity index (χ1n) is 6.30. The topological polar surface area (TPSA) is 32.7 Å². The summed E-state index contributed by atoms with van der Waals surface area (Å²) in [5.74, 6) is 0.629. The lowest BCUT2D eigenvalue weighted by atomic mass is 10.2. The molecule has 0 saturated carbocycles. The highest BCUT2D eigenvalue weighted by Crippen LogP contribution is 2.29. The zero-order valence-corrected chi connectivity index (χ0v) is 11.7. The number of aryl methyl sites for hydroxylation is 1. The van der Waals surface area contributed by atoms with Crippen LogP contribution in [0.15, 0.2) is 29.3 Å². The quantitative estimate of drug-likeness (QED) is 0.780. The van der Waals surface area contributed by atoms with Crippen molar-refractivity contribution in [2.24, 2.45) is 4.99 Å². The normalized spacial score (nSPS) is 17.8. The Morgan fingerprint density at radius 1 is 1.39 bits per heavy atom. The number of carbonyl (C=O) groups is 1. The van der Waals surface area contributed by atoms with E-state index < -0.39 is 0 Å². The Balaban J connectivity index is 2.25. The SMILES string of the molecule is CCCCN=C1SCC(=O)N1c1ccccc1C. The predicted octanol–water partition coefficient (Wildman–Crippen LogP) is 3.23. The van der Waals surface area contributed by atoms with Crippen molar-refractivity contribution in [3.63, 3.8) is 0 Å². The molecule has 0 unspecified atom stereocenters. The van der Waals surface area contributed by atoms with E-state index in [-0.39, 0.29) is 5.91 Å². The molecule has 1 saturated heterocycles. The van der Waals surface area contributed by atoms with Crippen LogP contribution in [0.2, 0.25) is 0 Å². The van der Waals surface area contributed by atoms with Crippen LogP contribution in [0, 0.1) is 6.92 Å². The number of para-hydroxylation sites is 1. The molecule has 0 bridgehead atoms. The molecule has 0 radical (unpaired) electrons. The number of hydrogen-bond acceptors (Lipinski definition) is 3. The number of anilines is 1. The molecule has 1 fully saturated rings. The Bertz CT molecular complexity index is 471. The van der Waals surface area contributed by atoms with Gasteiger partial charge in [0.1, 0.15) is 0 Å². The van der Waals surface area contributed by atoms with Crippen molar-refractivity contribution in [1.82, 2.24) is 0 Å². The molecule has 1 aliphatic heterocycles. The first kappa shape index (κ1) is 13.1. The summed E-state index contributed by atoms with van der Waals surface area (Å²) in [6.45, 7) is 4.97.